The number of thioether (sulfide) groups is 1. The zero-order chi connectivity index (χ0) is 15.3. The third kappa shape index (κ3) is 5.22. The van der Waals surface area contributed by atoms with E-state index in [9.17, 15) is 13.2 Å². The van der Waals surface area contributed by atoms with Crippen LogP contribution in [0.2, 0.25) is 0 Å². The van der Waals surface area contributed by atoms with Crippen LogP contribution in [0.25, 0.3) is 0 Å². The number of hydrogen-bond acceptors (Lipinski definition) is 2. The van der Waals surface area contributed by atoms with Crippen LogP contribution in [0.5, 0.6) is 0 Å². The molecule has 1 nitrogen and oxygen atoms in total. The molecule has 118 valence electrons. The number of hydrogen-bond donors (Lipinski definition) is 1. The summed E-state index contributed by atoms with van der Waals surface area (Å²) in [5.41, 5.74) is 0.377. The highest BCUT2D eigenvalue weighted by molar-refractivity contribution is 7.99. The summed E-state index contributed by atoms with van der Waals surface area (Å²) in [6, 6.07) is 5.84. The second-order valence-corrected chi connectivity index (χ2v) is 6.96. The third-order valence-corrected chi connectivity index (χ3v) is 5.54. The Hall–Kier alpha value is -0.680. The van der Waals surface area contributed by atoms with Gasteiger partial charge in [0.05, 0.1) is 5.56 Å². The van der Waals surface area contributed by atoms with Crippen LogP contribution in [0, 0.1) is 0 Å². The summed E-state index contributed by atoms with van der Waals surface area (Å²) in [6.07, 6.45) is 1.80. The van der Waals surface area contributed by atoms with Gasteiger partial charge in [0.25, 0.3) is 0 Å². The first-order valence-electron chi connectivity index (χ1n) is 7.44. The van der Waals surface area contributed by atoms with Gasteiger partial charge in [0, 0.05) is 17.0 Å². The Morgan fingerprint density at radius 3 is 2.33 bits per heavy atom. The Morgan fingerprint density at radius 1 is 1.19 bits per heavy atom. The lowest BCUT2D eigenvalue weighted by atomic mass is 10.1. The molecule has 1 aliphatic rings. The molecule has 1 aliphatic carbocycles. The van der Waals surface area contributed by atoms with Crippen LogP contribution in [0.3, 0.4) is 0 Å². The fraction of sp³-hybridized carbons (Fsp3) is 0.625. The Kier molecular flexibility index (Phi) is 5.99. The SMILES string of the molecule is CNC(CSC1CCCC1)Cc1ccc(C(F)(F)F)cc1. The topological polar surface area (TPSA) is 12.0 Å². The van der Waals surface area contributed by atoms with E-state index in [-0.39, 0.29) is 0 Å². The average Bonchev–Trinajstić information content (AvgIpc) is 2.96. The smallest absolute Gasteiger partial charge is 0.316 e. The highest BCUT2D eigenvalue weighted by Gasteiger charge is 2.30. The molecule has 0 aromatic heterocycles. The van der Waals surface area contributed by atoms with Gasteiger partial charge in [-0.05, 0) is 44.0 Å². The van der Waals surface area contributed by atoms with E-state index in [0.717, 1.165) is 23.0 Å². The van der Waals surface area contributed by atoms with Gasteiger partial charge in [0.15, 0.2) is 0 Å². The van der Waals surface area contributed by atoms with Crippen LogP contribution in [0.15, 0.2) is 24.3 Å². The molecule has 1 fully saturated rings. The summed E-state index contributed by atoms with van der Waals surface area (Å²) in [5.74, 6) is 1.02. The lowest BCUT2D eigenvalue weighted by Crippen LogP contribution is -2.30. The first kappa shape index (κ1) is 16.7. The van der Waals surface area contributed by atoms with E-state index < -0.39 is 11.7 Å². The molecule has 1 unspecified atom stereocenters. The van der Waals surface area contributed by atoms with E-state index >= 15 is 0 Å². The van der Waals surface area contributed by atoms with Crippen molar-refractivity contribution in [1.29, 1.82) is 0 Å². The van der Waals surface area contributed by atoms with E-state index in [1.54, 1.807) is 12.1 Å². The van der Waals surface area contributed by atoms with Crippen LogP contribution >= 0.6 is 11.8 Å². The van der Waals surface area contributed by atoms with Crippen LogP contribution in [0.4, 0.5) is 13.2 Å². The molecule has 1 N–H and O–H groups in total. The van der Waals surface area contributed by atoms with Gasteiger partial charge < -0.3 is 5.32 Å². The summed E-state index contributed by atoms with van der Waals surface area (Å²) in [5, 5.41) is 4.05. The number of halogens is 3. The molecule has 0 spiro atoms. The van der Waals surface area contributed by atoms with Gasteiger partial charge in [-0.15, -0.1) is 0 Å². The highest BCUT2D eigenvalue weighted by atomic mass is 32.2. The van der Waals surface area contributed by atoms with Gasteiger partial charge in [-0.1, -0.05) is 25.0 Å². The molecule has 1 aromatic rings. The maximum absolute atomic E-state index is 12.5. The van der Waals surface area contributed by atoms with Crippen molar-refractivity contribution in [2.75, 3.05) is 12.8 Å². The highest BCUT2D eigenvalue weighted by Crippen LogP contribution is 2.31. The molecule has 1 atom stereocenters. The third-order valence-electron chi connectivity index (χ3n) is 4.01. The van der Waals surface area contributed by atoms with E-state index in [1.807, 2.05) is 18.8 Å². The van der Waals surface area contributed by atoms with Crippen molar-refractivity contribution in [1.82, 2.24) is 5.32 Å². The van der Waals surface area contributed by atoms with Crippen LogP contribution in [-0.4, -0.2) is 24.1 Å². The molecule has 0 bridgehead atoms. The molecule has 2 rings (SSSR count). The fourth-order valence-electron chi connectivity index (χ4n) is 2.67. The monoisotopic (exact) mass is 317 g/mol. The van der Waals surface area contributed by atoms with Gasteiger partial charge in [-0.25, -0.2) is 0 Å². The van der Waals surface area contributed by atoms with Gasteiger partial charge in [-0.3, -0.25) is 0 Å². The number of alkyl halides is 3. The van der Waals surface area contributed by atoms with Gasteiger partial charge in [0.1, 0.15) is 0 Å². The standard InChI is InChI=1S/C16H22F3NS/c1-20-14(11-21-15-4-2-3-5-15)10-12-6-8-13(9-7-12)16(17,18)19/h6-9,14-15,20H,2-5,10-11H2,1H3. The van der Waals surface area contributed by atoms with Gasteiger partial charge >= 0.3 is 6.18 Å². The Balaban J connectivity index is 1.85. The van der Waals surface area contributed by atoms with Crippen LogP contribution in [-0.2, 0) is 12.6 Å². The zero-order valence-corrected chi connectivity index (χ0v) is 13.1. The second-order valence-electron chi connectivity index (χ2n) is 5.62. The van der Waals surface area contributed by atoms with Crippen molar-refractivity contribution >= 4 is 11.8 Å². The molecule has 5 heteroatoms. The number of benzene rings is 1. The van der Waals surface area contributed by atoms with Crippen molar-refractivity contribution in [3.05, 3.63) is 35.4 Å². The van der Waals surface area contributed by atoms with Crippen LogP contribution in [0.1, 0.15) is 36.8 Å². The molecule has 0 radical (unpaired) electrons. The molecule has 0 amide bonds. The Morgan fingerprint density at radius 2 is 1.81 bits per heavy atom. The predicted octanol–water partition coefficient (Wildman–Crippen LogP) is 4.51. The summed E-state index contributed by atoms with van der Waals surface area (Å²) in [6.45, 7) is 0. The summed E-state index contributed by atoms with van der Waals surface area (Å²) in [7, 11) is 1.92. The minimum Gasteiger partial charge on any atom is -0.316 e. The van der Waals surface area contributed by atoms with E-state index in [1.165, 1.54) is 37.8 Å². The van der Waals surface area contributed by atoms with Crippen molar-refractivity contribution in [2.45, 2.75) is 49.6 Å². The lowest BCUT2D eigenvalue weighted by molar-refractivity contribution is -0.137. The van der Waals surface area contributed by atoms with E-state index in [0.29, 0.717) is 6.04 Å². The molecule has 0 aliphatic heterocycles. The summed E-state index contributed by atoms with van der Waals surface area (Å²) < 4.78 is 37.6. The number of likely N-dealkylation sites (N-methyl/N-ethyl adjacent to an activating group) is 1. The molecule has 0 heterocycles. The average molecular weight is 317 g/mol. The normalized spacial score (nSPS) is 18.1. The van der Waals surface area contributed by atoms with Crippen molar-refractivity contribution in [2.24, 2.45) is 0 Å². The molecule has 21 heavy (non-hydrogen) atoms. The largest absolute Gasteiger partial charge is 0.416 e. The van der Waals surface area contributed by atoms with E-state index in [2.05, 4.69) is 5.32 Å². The first-order valence-corrected chi connectivity index (χ1v) is 8.49. The number of rotatable bonds is 6. The van der Waals surface area contributed by atoms with Crippen molar-refractivity contribution < 1.29 is 13.2 Å². The van der Waals surface area contributed by atoms with E-state index in [4.69, 9.17) is 0 Å². The minimum atomic E-state index is -4.25. The molecular weight excluding hydrogens is 295 g/mol. The maximum Gasteiger partial charge on any atom is 0.416 e. The summed E-state index contributed by atoms with van der Waals surface area (Å²) in [4.78, 5) is 0. The predicted molar refractivity (Wildman–Crippen MR) is 82.7 cm³/mol. The molecule has 0 saturated heterocycles. The molecule has 1 saturated carbocycles. The summed E-state index contributed by atoms with van der Waals surface area (Å²) >= 11 is 2.00. The minimum absolute atomic E-state index is 0.312. The fourth-order valence-corrected chi connectivity index (χ4v) is 4.12. The maximum atomic E-state index is 12.5. The lowest BCUT2D eigenvalue weighted by Gasteiger charge is -2.18. The Bertz CT molecular complexity index is 424. The Labute approximate surface area is 128 Å². The molecule has 1 aromatic carbocycles. The quantitative estimate of drug-likeness (QED) is 0.828. The first-order chi connectivity index (χ1) is 9.99. The second kappa shape index (κ2) is 7.54. The zero-order valence-electron chi connectivity index (χ0n) is 12.2. The van der Waals surface area contributed by atoms with Crippen molar-refractivity contribution in [3.8, 4) is 0 Å². The van der Waals surface area contributed by atoms with Crippen LogP contribution < -0.4 is 5.32 Å². The van der Waals surface area contributed by atoms with Gasteiger partial charge in [-0.2, -0.15) is 24.9 Å². The molecular formula is C16H22F3NS. The number of nitrogens with one attached hydrogen (secondary N) is 1. The van der Waals surface area contributed by atoms with Crippen molar-refractivity contribution in [3.63, 3.8) is 0 Å². The van der Waals surface area contributed by atoms with Gasteiger partial charge in [0.2, 0.25) is 0 Å².